The largest absolute Gasteiger partial charge is 0.481 e. The molecule has 136 valence electrons. The molecule has 0 fully saturated rings. The normalized spacial score (nSPS) is 10.0. The molecule has 0 saturated heterocycles. The lowest BCUT2D eigenvalue weighted by atomic mass is 10.2. The number of carboxylic acids is 1. The Labute approximate surface area is 140 Å². The van der Waals surface area contributed by atoms with Gasteiger partial charge in [0.1, 0.15) is 5.60 Å². The highest BCUT2D eigenvalue weighted by Gasteiger charge is 2.15. The van der Waals surface area contributed by atoms with Crippen LogP contribution < -0.4 is 16.0 Å². The minimum Gasteiger partial charge on any atom is -0.481 e. The van der Waals surface area contributed by atoms with Gasteiger partial charge in [0.05, 0.1) is 11.9 Å². The van der Waals surface area contributed by atoms with E-state index in [1.807, 2.05) is 0 Å². The van der Waals surface area contributed by atoms with Gasteiger partial charge >= 0.3 is 12.1 Å². The Morgan fingerprint density at radius 2 is 1.79 bits per heavy atom. The summed E-state index contributed by atoms with van der Waals surface area (Å²) in [5, 5.41) is 19.1. The highest BCUT2D eigenvalue weighted by Crippen LogP contribution is 2.06. The van der Waals surface area contributed by atoms with Gasteiger partial charge in [0.2, 0.25) is 0 Å². The number of urea groups is 1. The SMILES string of the molecule is CC(=O)O.Cn1cc(NC(=O)NCCNC(=O)OC(C)(C)C)cn1. The smallest absolute Gasteiger partial charge is 0.407 e. The van der Waals surface area contributed by atoms with Crippen molar-refractivity contribution >= 4 is 23.8 Å². The number of carboxylic acid groups (broad SMARTS) is 1. The Morgan fingerprint density at radius 1 is 1.25 bits per heavy atom. The van der Waals surface area contributed by atoms with Crippen molar-refractivity contribution in [1.82, 2.24) is 20.4 Å². The second-order valence-corrected chi connectivity index (χ2v) is 5.73. The van der Waals surface area contributed by atoms with Gasteiger partial charge in [-0.15, -0.1) is 0 Å². The zero-order chi connectivity index (χ0) is 18.8. The Kier molecular flexibility index (Phi) is 8.91. The molecule has 0 unspecified atom stereocenters. The highest BCUT2D eigenvalue weighted by atomic mass is 16.6. The molecular formula is C14H25N5O5. The molecule has 0 radical (unpaired) electrons. The maximum Gasteiger partial charge on any atom is 0.407 e. The predicted octanol–water partition coefficient (Wildman–Crippen LogP) is 1.16. The second-order valence-electron chi connectivity index (χ2n) is 5.73. The lowest BCUT2D eigenvalue weighted by Crippen LogP contribution is -2.39. The first-order valence-electron chi connectivity index (χ1n) is 7.19. The van der Waals surface area contributed by atoms with Crippen molar-refractivity contribution in [3.8, 4) is 0 Å². The number of rotatable bonds is 4. The quantitative estimate of drug-likeness (QED) is 0.606. The molecule has 0 aliphatic carbocycles. The van der Waals surface area contributed by atoms with Crippen LogP contribution in [0.1, 0.15) is 27.7 Å². The number of nitrogens with zero attached hydrogens (tertiary/aromatic N) is 2. The molecule has 0 spiro atoms. The van der Waals surface area contributed by atoms with Gasteiger partial charge in [0, 0.05) is 33.3 Å². The Morgan fingerprint density at radius 3 is 2.25 bits per heavy atom. The molecule has 24 heavy (non-hydrogen) atoms. The molecule has 1 aromatic heterocycles. The van der Waals surface area contributed by atoms with Crippen molar-refractivity contribution in [2.45, 2.75) is 33.3 Å². The van der Waals surface area contributed by atoms with Gasteiger partial charge in [-0.2, -0.15) is 5.10 Å². The number of aromatic nitrogens is 2. The van der Waals surface area contributed by atoms with Gasteiger partial charge in [0.15, 0.2) is 0 Å². The van der Waals surface area contributed by atoms with Crippen LogP contribution in [0.15, 0.2) is 12.4 Å². The van der Waals surface area contributed by atoms with E-state index in [2.05, 4.69) is 21.0 Å². The van der Waals surface area contributed by atoms with Gasteiger partial charge in [-0.3, -0.25) is 9.48 Å². The molecule has 4 N–H and O–H groups in total. The van der Waals surface area contributed by atoms with Crippen LogP contribution in [0.3, 0.4) is 0 Å². The molecule has 3 amide bonds. The number of alkyl carbamates (subject to hydrolysis) is 1. The number of amides is 3. The van der Waals surface area contributed by atoms with Crippen LogP contribution in [-0.4, -0.2) is 51.7 Å². The average Bonchev–Trinajstić information content (AvgIpc) is 2.77. The van der Waals surface area contributed by atoms with E-state index in [1.165, 1.54) is 0 Å². The number of carbonyl (C=O) groups is 3. The van der Waals surface area contributed by atoms with Gasteiger partial charge in [-0.1, -0.05) is 0 Å². The van der Waals surface area contributed by atoms with Crippen LogP contribution in [-0.2, 0) is 16.6 Å². The summed E-state index contributed by atoms with van der Waals surface area (Å²) in [5.74, 6) is -0.833. The number of nitrogens with one attached hydrogen (secondary N) is 3. The number of carbonyl (C=O) groups excluding carboxylic acids is 2. The Bertz CT molecular complexity index is 546. The number of hydrogen-bond acceptors (Lipinski definition) is 5. The molecule has 0 aromatic carbocycles. The summed E-state index contributed by atoms with van der Waals surface area (Å²) in [7, 11) is 1.76. The molecule has 0 atom stereocenters. The number of aliphatic carboxylic acids is 1. The lowest BCUT2D eigenvalue weighted by Gasteiger charge is -2.19. The lowest BCUT2D eigenvalue weighted by molar-refractivity contribution is -0.134. The van der Waals surface area contributed by atoms with Crippen molar-refractivity contribution in [3.63, 3.8) is 0 Å². The molecule has 0 saturated carbocycles. The molecular weight excluding hydrogens is 318 g/mol. The third-order valence-electron chi connectivity index (χ3n) is 2.04. The van der Waals surface area contributed by atoms with Crippen molar-refractivity contribution in [3.05, 3.63) is 12.4 Å². The van der Waals surface area contributed by atoms with Gasteiger partial charge < -0.3 is 25.8 Å². The monoisotopic (exact) mass is 343 g/mol. The van der Waals surface area contributed by atoms with E-state index >= 15 is 0 Å². The Hall–Kier alpha value is -2.78. The average molecular weight is 343 g/mol. The number of anilines is 1. The van der Waals surface area contributed by atoms with E-state index in [9.17, 15) is 9.59 Å². The van der Waals surface area contributed by atoms with Gasteiger partial charge in [-0.25, -0.2) is 9.59 Å². The first kappa shape index (κ1) is 21.2. The standard InChI is InChI=1S/C12H21N5O3.C2H4O2/c1-12(2,3)20-11(19)14-6-5-13-10(18)16-9-7-15-17(4)8-9;1-2(3)4/h7-8H,5-6H2,1-4H3,(H,14,19)(H2,13,16,18);1H3,(H,3,4). The van der Waals surface area contributed by atoms with Crippen LogP contribution in [0.2, 0.25) is 0 Å². The maximum absolute atomic E-state index is 11.5. The summed E-state index contributed by atoms with van der Waals surface area (Å²) in [4.78, 5) is 31.8. The van der Waals surface area contributed by atoms with Crippen LogP contribution in [0.25, 0.3) is 0 Å². The molecule has 1 aromatic rings. The van der Waals surface area contributed by atoms with E-state index in [1.54, 1.807) is 44.9 Å². The van der Waals surface area contributed by atoms with Crippen LogP contribution in [0, 0.1) is 0 Å². The van der Waals surface area contributed by atoms with Crippen LogP contribution in [0.4, 0.5) is 15.3 Å². The summed E-state index contributed by atoms with van der Waals surface area (Å²) in [6.07, 6.45) is 2.71. The molecule has 10 nitrogen and oxygen atoms in total. The third-order valence-corrected chi connectivity index (χ3v) is 2.04. The van der Waals surface area contributed by atoms with Gasteiger partial charge in [0.25, 0.3) is 5.97 Å². The van der Waals surface area contributed by atoms with Crippen LogP contribution >= 0.6 is 0 Å². The molecule has 0 aliphatic rings. The third kappa shape index (κ3) is 12.9. The number of hydrogen-bond donors (Lipinski definition) is 4. The van der Waals surface area contributed by atoms with Gasteiger partial charge in [-0.05, 0) is 20.8 Å². The molecule has 1 rings (SSSR count). The minimum atomic E-state index is -0.833. The fourth-order valence-corrected chi connectivity index (χ4v) is 1.32. The van der Waals surface area contributed by atoms with E-state index in [0.29, 0.717) is 12.2 Å². The summed E-state index contributed by atoms with van der Waals surface area (Å²) in [6.45, 7) is 7.02. The molecule has 10 heteroatoms. The van der Waals surface area contributed by atoms with E-state index in [-0.39, 0.29) is 12.6 Å². The van der Waals surface area contributed by atoms with Crippen LogP contribution in [0.5, 0.6) is 0 Å². The second kappa shape index (κ2) is 10.1. The number of ether oxygens (including phenoxy) is 1. The molecule has 1 heterocycles. The predicted molar refractivity (Wildman–Crippen MR) is 87.8 cm³/mol. The Balaban J connectivity index is 0.00000118. The summed E-state index contributed by atoms with van der Waals surface area (Å²) >= 11 is 0. The van der Waals surface area contributed by atoms with E-state index in [4.69, 9.17) is 14.6 Å². The maximum atomic E-state index is 11.5. The molecule has 0 bridgehead atoms. The van der Waals surface area contributed by atoms with E-state index in [0.717, 1.165) is 6.92 Å². The van der Waals surface area contributed by atoms with Crippen molar-refractivity contribution in [2.24, 2.45) is 7.05 Å². The zero-order valence-corrected chi connectivity index (χ0v) is 14.5. The van der Waals surface area contributed by atoms with E-state index < -0.39 is 17.7 Å². The summed E-state index contributed by atoms with van der Waals surface area (Å²) in [6, 6.07) is -0.357. The van der Waals surface area contributed by atoms with Crippen molar-refractivity contribution in [2.75, 3.05) is 18.4 Å². The minimum absolute atomic E-state index is 0.287. The summed E-state index contributed by atoms with van der Waals surface area (Å²) in [5.41, 5.74) is 0.0694. The van der Waals surface area contributed by atoms with Crippen molar-refractivity contribution < 1.29 is 24.2 Å². The fourth-order valence-electron chi connectivity index (χ4n) is 1.32. The molecule has 0 aliphatic heterocycles. The first-order chi connectivity index (χ1) is 11.0. The fraction of sp³-hybridized carbons (Fsp3) is 0.571. The topological polar surface area (TPSA) is 135 Å². The highest BCUT2D eigenvalue weighted by molar-refractivity contribution is 5.88. The first-order valence-corrected chi connectivity index (χ1v) is 7.19. The zero-order valence-electron chi connectivity index (χ0n) is 14.5. The number of aryl methyl sites for hydroxylation is 1. The summed E-state index contributed by atoms with van der Waals surface area (Å²) < 4.78 is 6.64. The van der Waals surface area contributed by atoms with Crippen molar-refractivity contribution in [1.29, 1.82) is 0 Å².